The molecule has 2 aromatic carbocycles. The maximum atomic E-state index is 12.3. The van der Waals surface area contributed by atoms with Crippen molar-refractivity contribution in [3.05, 3.63) is 59.7 Å². The summed E-state index contributed by atoms with van der Waals surface area (Å²) in [6, 6.07) is 16.1. The van der Waals surface area contributed by atoms with Crippen molar-refractivity contribution in [1.82, 2.24) is 10.2 Å². The quantitative estimate of drug-likeness (QED) is 0.631. The van der Waals surface area contributed by atoms with Gasteiger partial charge in [0.05, 0.1) is 13.7 Å². The molecule has 1 heterocycles. The third-order valence-corrected chi connectivity index (χ3v) is 5.67. The van der Waals surface area contributed by atoms with E-state index in [0.717, 1.165) is 43.1 Å². The molecule has 0 aliphatic carbocycles. The summed E-state index contributed by atoms with van der Waals surface area (Å²) in [5.74, 6) is 2.49. The first-order valence-corrected chi connectivity index (χ1v) is 11.0. The van der Waals surface area contributed by atoms with Gasteiger partial charge in [-0.2, -0.15) is 0 Å². The van der Waals surface area contributed by atoms with Crippen LogP contribution >= 0.6 is 0 Å². The summed E-state index contributed by atoms with van der Waals surface area (Å²) in [7, 11) is 1.65. The first kappa shape index (κ1) is 22.2. The van der Waals surface area contributed by atoms with E-state index in [1.165, 1.54) is 18.4 Å². The van der Waals surface area contributed by atoms with E-state index in [1.807, 2.05) is 43.3 Å². The second kappa shape index (κ2) is 11.6. The fraction of sp³-hybridized carbons (Fsp3) is 0.480. The number of benzene rings is 2. The van der Waals surface area contributed by atoms with E-state index < -0.39 is 0 Å². The number of carbonyl (C=O) groups is 1. The van der Waals surface area contributed by atoms with Crippen molar-refractivity contribution in [3.8, 4) is 11.5 Å². The molecule has 0 bridgehead atoms. The van der Waals surface area contributed by atoms with Gasteiger partial charge in [-0.3, -0.25) is 9.69 Å². The van der Waals surface area contributed by atoms with Crippen LogP contribution in [-0.2, 0) is 17.9 Å². The van der Waals surface area contributed by atoms with Crippen LogP contribution in [-0.4, -0.2) is 37.6 Å². The molecule has 162 valence electrons. The number of methoxy groups -OCH3 is 1. The molecule has 1 N–H and O–H groups in total. The second-order valence-corrected chi connectivity index (χ2v) is 7.95. The molecular weight excluding hydrogens is 376 g/mol. The molecular formula is C25H34N2O3. The summed E-state index contributed by atoms with van der Waals surface area (Å²) in [4.78, 5) is 14.8. The van der Waals surface area contributed by atoms with Crippen molar-refractivity contribution in [2.45, 2.75) is 45.7 Å². The molecule has 1 saturated heterocycles. The molecule has 2 aromatic rings. The molecule has 0 spiro atoms. The molecule has 5 heteroatoms. The molecule has 5 nitrogen and oxygen atoms in total. The van der Waals surface area contributed by atoms with Gasteiger partial charge in [-0.05, 0) is 62.4 Å². The minimum Gasteiger partial charge on any atom is -0.497 e. The van der Waals surface area contributed by atoms with Gasteiger partial charge in [0, 0.05) is 31.6 Å². The number of piperidine rings is 1. The third-order valence-electron chi connectivity index (χ3n) is 5.67. The van der Waals surface area contributed by atoms with E-state index >= 15 is 0 Å². The van der Waals surface area contributed by atoms with Gasteiger partial charge in [-0.15, -0.1) is 0 Å². The van der Waals surface area contributed by atoms with Gasteiger partial charge in [-0.25, -0.2) is 0 Å². The lowest BCUT2D eigenvalue weighted by Crippen LogP contribution is -2.35. The predicted octanol–water partition coefficient (Wildman–Crippen LogP) is 4.40. The molecule has 0 aromatic heterocycles. The van der Waals surface area contributed by atoms with Crippen LogP contribution in [0.15, 0.2) is 48.5 Å². The standard InChI is InChI=1S/C25H34N2O3/c1-3-30-24-12-5-4-10-22(24)19-27-15-7-9-20(18-27)13-14-25(28)26-17-21-8-6-11-23(16-21)29-2/h4-6,8,10-12,16,20H,3,7,9,13-15,17-19H2,1-2H3,(H,26,28). The molecule has 3 rings (SSSR count). The average molecular weight is 411 g/mol. The highest BCUT2D eigenvalue weighted by molar-refractivity contribution is 5.75. The van der Waals surface area contributed by atoms with Gasteiger partial charge in [0.2, 0.25) is 5.91 Å². The molecule has 0 saturated carbocycles. The lowest BCUT2D eigenvalue weighted by atomic mass is 9.93. The zero-order valence-electron chi connectivity index (χ0n) is 18.2. The van der Waals surface area contributed by atoms with Gasteiger partial charge in [0.1, 0.15) is 11.5 Å². The number of rotatable bonds is 10. The molecule has 0 radical (unpaired) electrons. The monoisotopic (exact) mass is 410 g/mol. The molecule has 1 atom stereocenters. The lowest BCUT2D eigenvalue weighted by Gasteiger charge is -2.33. The topological polar surface area (TPSA) is 50.8 Å². The number of ether oxygens (including phenoxy) is 2. The maximum absolute atomic E-state index is 12.3. The summed E-state index contributed by atoms with van der Waals surface area (Å²) in [5.41, 5.74) is 2.30. The zero-order valence-corrected chi connectivity index (χ0v) is 18.2. The van der Waals surface area contributed by atoms with Crippen LogP contribution in [0.25, 0.3) is 0 Å². The normalized spacial score (nSPS) is 16.8. The molecule has 1 unspecified atom stereocenters. The van der Waals surface area contributed by atoms with Crippen LogP contribution in [0, 0.1) is 5.92 Å². The highest BCUT2D eigenvalue weighted by Crippen LogP contribution is 2.25. The summed E-state index contributed by atoms with van der Waals surface area (Å²) < 4.78 is 11.0. The SMILES string of the molecule is CCOc1ccccc1CN1CCCC(CCC(=O)NCc2cccc(OC)c2)C1. The van der Waals surface area contributed by atoms with E-state index in [1.54, 1.807) is 7.11 Å². The maximum Gasteiger partial charge on any atom is 0.220 e. The van der Waals surface area contributed by atoms with E-state index in [-0.39, 0.29) is 5.91 Å². The van der Waals surface area contributed by atoms with E-state index in [4.69, 9.17) is 9.47 Å². The van der Waals surface area contributed by atoms with Crippen LogP contribution in [0.5, 0.6) is 11.5 Å². The van der Waals surface area contributed by atoms with E-state index in [2.05, 4.69) is 22.3 Å². The van der Waals surface area contributed by atoms with Crippen molar-refractivity contribution < 1.29 is 14.3 Å². The van der Waals surface area contributed by atoms with Gasteiger partial charge in [-0.1, -0.05) is 30.3 Å². The van der Waals surface area contributed by atoms with E-state index in [0.29, 0.717) is 25.5 Å². The smallest absolute Gasteiger partial charge is 0.220 e. The molecule has 1 aliphatic rings. The zero-order chi connectivity index (χ0) is 21.2. The predicted molar refractivity (Wildman–Crippen MR) is 120 cm³/mol. The van der Waals surface area contributed by atoms with Crippen LogP contribution < -0.4 is 14.8 Å². The largest absolute Gasteiger partial charge is 0.497 e. The molecule has 1 amide bonds. The third kappa shape index (κ3) is 6.77. The van der Waals surface area contributed by atoms with Crippen molar-refractivity contribution in [1.29, 1.82) is 0 Å². The Morgan fingerprint density at radius 1 is 1.20 bits per heavy atom. The van der Waals surface area contributed by atoms with Gasteiger partial charge in [0.15, 0.2) is 0 Å². The molecule has 30 heavy (non-hydrogen) atoms. The Labute approximate surface area is 180 Å². The van der Waals surface area contributed by atoms with Gasteiger partial charge in [0.25, 0.3) is 0 Å². The summed E-state index contributed by atoms with van der Waals surface area (Å²) in [5, 5.41) is 3.04. The Hall–Kier alpha value is -2.53. The fourth-order valence-corrected chi connectivity index (χ4v) is 4.11. The number of likely N-dealkylation sites (tertiary alicyclic amines) is 1. The highest BCUT2D eigenvalue weighted by atomic mass is 16.5. The second-order valence-electron chi connectivity index (χ2n) is 7.95. The summed E-state index contributed by atoms with van der Waals surface area (Å²) >= 11 is 0. The number of hydrogen-bond donors (Lipinski definition) is 1. The minimum absolute atomic E-state index is 0.122. The minimum atomic E-state index is 0.122. The summed E-state index contributed by atoms with van der Waals surface area (Å²) in [6.45, 7) is 6.32. The fourth-order valence-electron chi connectivity index (χ4n) is 4.11. The number of amides is 1. The van der Waals surface area contributed by atoms with Crippen LogP contribution in [0.2, 0.25) is 0 Å². The van der Waals surface area contributed by atoms with Crippen molar-refractivity contribution in [2.24, 2.45) is 5.92 Å². The van der Waals surface area contributed by atoms with Gasteiger partial charge < -0.3 is 14.8 Å². The number of carbonyl (C=O) groups excluding carboxylic acids is 1. The van der Waals surface area contributed by atoms with E-state index in [9.17, 15) is 4.79 Å². The van der Waals surface area contributed by atoms with Crippen molar-refractivity contribution in [2.75, 3.05) is 26.8 Å². The number of para-hydroxylation sites is 1. The Morgan fingerprint density at radius 3 is 2.90 bits per heavy atom. The van der Waals surface area contributed by atoms with Crippen LogP contribution in [0.1, 0.15) is 43.7 Å². The Morgan fingerprint density at radius 2 is 2.07 bits per heavy atom. The Bertz CT molecular complexity index is 808. The van der Waals surface area contributed by atoms with Crippen molar-refractivity contribution in [3.63, 3.8) is 0 Å². The lowest BCUT2D eigenvalue weighted by molar-refractivity contribution is -0.121. The Balaban J connectivity index is 1.43. The molecule has 1 fully saturated rings. The highest BCUT2D eigenvalue weighted by Gasteiger charge is 2.21. The first-order chi connectivity index (χ1) is 14.7. The number of nitrogens with zero attached hydrogens (tertiary/aromatic N) is 1. The van der Waals surface area contributed by atoms with Crippen LogP contribution in [0.3, 0.4) is 0 Å². The van der Waals surface area contributed by atoms with Crippen LogP contribution in [0.4, 0.5) is 0 Å². The molecule has 1 aliphatic heterocycles. The number of nitrogens with one attached hydrogen (secondary N) is 1. The average Bonchev–Trinajstić information content (AvgIpc) is 2.78. The summed E-state index contributed by atoms with van der Waals surface area (Å²) in [6.07, 6.45) is 3.91. The first-order valence-electron chi connectivity index (χ1n) is 11.0. The van der Waals surface area contributed by atoms with Crippen molar-refractivity contribution >= 4 is 5.91 Å². The number of hydrogen-bond acceptors (Lipinski definition) is 4. The Kier molecular flexibility index (Phi) is 8.57. The van der Waals surface area contributed by atoms with Gasteiger partial charge >= 0.3 is 0 Å².